The molecule has 0 spiro atoms. The lowest BCUT2D eigenvalue weighted by molar-refractivity contribution is -0.136. The highest BCUT2D eigenvalue weighted by molar-refractivity contribution is 5.88. The van der Waals surface area contributed by atoms with Crippen molar-refractivity contribution in [1.29, 1.82) is 0 Å². The summed E-state index contributed by atoms with van der Waals surface area (Å²) in [6, 6.07) is 7.61. The minimum atomic E-state index is -1.07. The van der Waals surface area contributed by atoms with Crippen molar-refractivity contribution in [2.45, 2.75) is 25.9 Å². The Hall–Kier alpha value is -2.87. The van der Waals surface area contributed by atoms with E-state index >= 15 is 0 Å². The molecule has 2 aliphatic heterocycles. The van der Waals surface area contributed by atoms with Gasteiger partial charge in [-0.05, 0) is 24.1 Å². The first-order valence-corrected chi connectivity index (χ1v) is 9.38. The summed E-state index contributed by atoms with van der Waals surface area (Å²) in [5, 5.41) is 14.0. The molecular formula is C20H23N3O5. The number of nitrogens with zero attached hydrogens (tertiary/aromatic N) is 3. The molecule has 1 saturated heterocycles. The molecule has 28 heavy (non-hydrogen) atoms. The second-order valence-electron chi connectivity index (χ2n) is 7.16. The number of hydrogen-bond acceptors (Lipinski definition) is 5. The number of ether oxygens (including phenoxy) is 2. The molecule has 4 rings (SSSR count). The molecule has 148 valence electrons. The van der Waals surface area contributed by atoms with Gasteiger partial charge in [0.05, 0.1) is 26.2 Å². The first-order valence-electron chi connectivity index (χ1n) is 9.38. The standard InChI is InChI=1S/C20H23N3O5/c1-27-15-4-2-13(3-5-15)10-23-17-6-8-22(19(24)14-7-9-28-12-14)11-16(17)18(21-23)20(25)26/h2-5,14H,6-12H2,1H3,(H,25,26). The summed E-state index contributed by atoms with van der Waals surface area (Å²) in [7, 11) is 1.61. The van der Waals surface area contributed by atoms with Crippen LogP contribution in [0.3, 0.4) is 0 Å². The van der Waals surface area contributed by atoms with E-state index in [1.165, 1.54) is 0 Å². The molecule has 2 aliphatic rings. The second kappa shape index (κ2) is 7.63. The molecule has 1 aromatic carbocycles. The summed E-state index contributed by atoms with van der Waals surface area (Å²) < 4.78 is 12.2. The maximum atomic E-state index is 12.7. The number of carboxylic acids is 1. The number of carbonyl (C=O) groups is 2. The van der Waals surface area contributed by atoms with Crippen LogP contribution in [-0.4, -0.2) is 58.5 Å². The highest BCUT2D eigenvalue weighted by Crippen LogP contribution is 2.26. The molecule has 0 radical (unpaired) electrons. The number of hydrogen-bond donors (Lipinski definition) is 1. The quantitative estimate of drug-likeness (QED) is 0.840. The number of carbonyl (C=O) groups excluding carboxylic acids is 1. The van der Waals surface area contributed by atoms with Crippen molar-refractivity contribution in [2.75, 3.05) is 26.9 Å². The fourth-order valence-electron chi connectivity index (χ4n) is 3.87. The largest absolute Gasteiger partial charge is 0.497 e. The lowest BCUT2D eigenvalue weighted by atomic mass is 10.0. The van der Waals surface area contributed by atoms with Crippen molar-refractivity contribution in [3.05, 3.63) is 46.8 Å². The van der Waals surface area contributed by atoms with Crippen LogP contribution < -0.4 is 4.74 Å². The molecular weight excluding hydrogens is 362 g/mol. The monoisotopic (exact) mass is 385 g/mol. The third-order valence-electron chi connectivity index (χ3n) is 5.42. The summed E-state index contributed by atoms with van der Waals surface area (Å²) in [6.07, 6.45) is 1.32. The number of aromatic nitrogens is 2. The van der Waals surface area contributed by atoms with Crippen LogP contribution in [0.5, 0.6) is 5.75 Å². The lowest BCUT2D eigenvalue weighted by Gasteiger charge is -2.29. The first-order chi connectivity index (χ1) is 13.6. The summed E-state index contributed by atoms with van der Waals surface area (Å²) in [5.41, 5.74) is 2.56. The fourth-order valence-corrected chi connectivity index (χ4v) is 3.87. The van der Waals surface area contributed by atoms with Gasteiger partial charge in [-0.25, -0.2) is 4.79 Å². The average Bonchev–Trinajstić information content (AvgIpc) is 3.36. The van der Waals surface area contributed by atoms with E-state index in [1.807, 2.05) is 24.3 Å². The zero-order chi connectivity index (χ0) is 19.7. The zero-order valence-electron chi connectivity index (χ0n) is 15.8. The van der Waals surface area contributed by atoms with Gasteiger partial charge in [-0.15, -0.1) is 0 Å². The number of aromatic carboxylic acids is 1. The third-order valence-corrected chi connectivity index (χ3v) is 5.42. The van der Waals surface area contributed by atoms with E-state index in [0.29, 0.717) is 38.3 Å². The fraction of sp³-hybridized carbons (Fsp3) is 0.450. The van der Waals surface area contributed by atoms with Crippen LogP contribution in [0.1, 0.15) is 33.7 Å². The van der Waals surface area contributed by atoms with Gasteiger partial charge >= 0.3 is 5.97 Å². The Morgan fingerprint density at radius 2 is 2.11 bits per heavy atom. The van der Waals surface area contributed by atoms with E-state index in [1.54, 1.807) is 16.7 Å². The second-order valence-corrected chi connectivity index (χ2v) is 7.16. The van der Waals surface area contributed by atoms with Gasteiger partial charge in [0.15, 0.2) is 5.69 Å². The van der Waals surface area contributed by atoms with Crippen LogP contribution in [0.4, 0.5) is 0 Å². The number of benzene rings is 1. The Balaban J connectivity index is 1.58. The number of methoxy groups -OCH3 is 1. The molecule has 1 fully saturated rings. The summed E-state index contributed by atoms with van der Waals surface area (Å²) in [6.45, 7) is 2.38. The van der Waals surface area contributed by atoms with Gasteiger partial charge < -0.3 is 19.5 Å². The van der Waals surface area contributed by atoms with E-state index in [2.05, 4.69) is 5.10 Å². The molecule has 0 saturated carbocycles. The SMILES string of the molecule is COc1ccc(Cn2nc(C(=O)O)c3c2CCN(C(=O)C2CCOC2)C3)cc1. The van der Waals surface area contributed by atoms with Crippen molar-refractivity contribution in [3.63, 3.8) is 0 Å². The Morgan fingerprint density at radius 1 is 1.32 bits per heavy atom. The lowest BCUT2D eigenvalue weighted by Crippen LogP contribution is -2.40. The van der Waals surface area contributed by atoms with E-state index in [0.717, 1.165) is 23.4 Å². The first kappa shape index (κ1) is 18.5. The summed E-state index contributed by atoms with van der Waals surface area (Å²) >= 11 is 0. The molecule has 8 heteroatoms. The average molecular weight is 385 g/mol. The van der Waals surface area contributed by atoms with Crippen molar-refractivity contribution < 1.29 is 24.2 Å². The van der Waals surface area contributed by atoms with Crippen molar-refractivity contribution in [2.24, 2.45) is 5.92 Å². The molecule has 1 atom stereocenters. The predicted molar refractivity (Wildman–Crippen MR) is 99.3 cm³/mol. The number of amides is 1. The predicted octanol–water partition coefficient (Wildman–Crippen LogP) is 1.56. The molecule has 1 aromatic heterocycles. The maximum Gasteiger partial charge on any atom is 0.356 e. The topological polar surface area (TPSA) is 93.9 Å². The smallest absolute Gasteiger partial charge is 0.356 e. The molecule has 3 heterocycles. The van der Waals surface area contributed by atoms with E-state index in [9.17, 15) is 14.7 Å². The van der Waals surface area contributed by atoms with Crippen molar-refractivity contribution in [1.82, 2.24) is 14.7 Å². The minimum Gasteiger partial charge on any atom is -0.497 e. The van der Waals surface area contributed by atoms with Gasteiger partial charge in [-0.1, -0.05) is 12.1 Å². The van der Waals surface area contributed by atoms with Crippen LogP contribution >= 0.6 is 0 Å². The van der Waals surface area contributed by atoms with Crippen LogP contribution in [0, 0.1) is 5.92 Å². The normalized spacial score (nSPS) is 18.8. The van der Waals surface area contributed by atoms with Gasteiger partial charge in [0.2, 0.25) is 5.91 Å². The molecule has 8 nitrogen and oxygen atoms in total. The van der Waals surface area contributed by atoms with Crippen LogP contribution in [0.2, 0.25) is 0 Å². The molecule has 2 aromatic rings. The van der Waals surface area contributed by atoms with Crippen molar-refractivity contribution in [3.8, 4) is 5.75 Å². The zero-order valence-corrected chi connectivity index (χ0v) is 15.8. The van der Waals surface area contributed by atoms with Gasteiger partial charge in [0.25, 0.3) is 0 Å². The van der Waals surface area contributed by atoms with Gasteiger partial charge in [-0.3, -0.25) is 9.48 Å². The van der Waals surface area contributed by atoms with Gasteiger partial charge in [0, 0.05) is 37.4 Å². The highest BCUT2D eigenvalue weighted by Gasteiger charge is 2.34. The number of carboxylic acid groups (broad SMARTS) is 1. The minimum absolute atomic E-state index is 0.0312. The molecule has 1 N–H and O–H groups in total. The molecule has 1 unspecified atom stereocenters. The number of rotatable bonds is 5. The van der Waals surface area contributed by atoms with Gasteiger partial charge in [-0.2, -0.15) is 5.10 Å². The maximum absolute atomic E-state index is 12.7. The van der Waals surface area contributed by atoms with E-state index in [4.69, 9.17) is 9.47 Å². The third kappa shape index (κ3) is 3.47. The number of fused-ring (bicyclic) bond motifs is 1. The van der Waals surface area contributed by atoms with Crippen LogP contribution in [0.15, 0.2) is 24.3 Å². The molecule has 0 aliphatic carbocycles. The molecule has 1 amide bonds. The van der Waals surface area contributed by atoms with Crippen molar-refractivity contribution >= 4 is 11.9 Å². The highest BCUT2D eigenvalue weighted by atomic mass is 16.5. The Labute approximate surface area is 162 Å². The van der Waals surface area contributed by atoms with E-state index < -0.39 is 5.97 Å². The van der Waals surface area contributed by atoms with Crippen LogP contribution in [-0.2, 0) is 29.0 Å². The summed E-state index contributed by atoms with van der Waals surface area (Å²) in [5.74, 6) is -0.377. The Kier molecular flexibility index (Phi) is 5.04. The Morgan fingerprint density at radius 3 is 2.75 bits per heavy atom. The van der Waals surface area contributed by atoms with E-state index in [-0.39, 0.29) is 24.1 Å². The van der Waals surface area contributed by atoms with Crippen LogP contribution in [0.25, 0.3) is 0 Å². The molecule has 0 bridgehead atoms. The Bertz CT molecular complexity index is 884. The summed E-state index contributed by atoms with van der Waals surface area (Å²) in [4.78, 5) is 26.2. The van der Waals surface area contributed by atoms with Gasteiger partial charge in [0.1, 0.15) is 5.75 Å².